The normalized spacial score (nSPS) is 13.2. The van der Waals surface area contributed by atoms with Gasteiger partial charge in [0.15, 0.2) is 6.29 Å². The molecule has 116 valence electrons. The van der Waals surface area contributed by atoms with Gasteiger partial charge >= 0.3 is 0 Å². The highest BCUT2D eigenvalue weighted by Crippen LogP contribution is 2.23. The van der Waals surface area contributed by atoms with Gasteiger partial charge in [-0.05, 0) is 27.3 Å². The first-order valence-corrected chi connectivity index (χ1v) is 7.57. The maximum atomic E-state index is 6.40. The van der Waals surface area contributed by atoms with E-state index in [4.69, 9.17) is 21.1 Å². The summed E-state index contributed by atoms with van der Waals surface area (Å²) < 4.78 is 13.2. The summed E-state index contributed by atoms with van der Waals surface area (Å²) in [5, 5.41) is 8.45. The number of likely N-dealkylation sites (N-methyl/N-ethyl adjacent to an activating group) is 1. The molecule has 1 aromatic heterocycles. The molecule has 0 aliphatic heterocycles. The van der Waals surface area contributed by atoms with Crippen LogP contribution in [0.1, 0.15) is 32.2 Å². The second kappa shape index (κ2) is 8.62. The van der Waals surface area contributed by atoms with Crippen LogP contribution < -0.4 is 5.32 Å². The fraction of sp³-hybridized carbons (Fsp3) is 0.786. The molecule has 5 nitrogen and oxygen atoms in total. The van der Waals surface area contributed by atoms with Crippen LogP contribution in [0, 0.1) is 0 Å². The number of halogens is 1. The van der Waals surface area contributed by atoms with Gasteiger partial charge in [0.1, 0.15) is 0 Å². The van der Waals surface area contributed by atoms with Crippen molar-refractivity contribution in [3.05, 3.63) is 16.4 Å². The average molecular weight is 304 g/mol. The first kappa shape index (κ1) is 17.4. The quantitative estimate of drug-likeness (QED) is 0.710. The van der Waals surface area contributed by atoms with Crippen molar-refractivity contribution in [2.75, 3.05) is 20.3 Å². The molecule has 1 atom stereocenters. The third kappa shape index (κ3) is 4.19. The zero-order valence-electron chi connectivity index (χ0n) is 13.1. The molecule has 1 heterocycles. The van der Waals surface area contributed by atoms with Gasteiger partial charge in [0, 0.05) is 26.7 Å². The molecule has 0 fully saturated rings. The summed E-state index contributed by atoms with van der Waals surface area (Å²) >= 11 is 6.40. The van der Waals surface area contributed by atoms with Gasteiger partial charge in [0.2, 0.25) is 0 Å². The van der Waals surface area contributed by atoms with E-state index in [-0.39, 0.29) is 12.3 Å². The van der Waals surface area contributed by atoms with Crippen molar-refractivity contribution in [2.24, 2.45) is 7.05 Å². The van der Waals surface area contributed by atoms with Crippen LogP contribution in [0.2, 0.25) is 5.02 Å². The van der Waals surface area contributed by atoms with Crippen LogP contribution in [0.5, 0.6) is 0 Å². The van der Waals surface area contributed by atoms with Crippen LogP contribution in [0.3, 0.4) is 0 Å². The predicted octanol–water partition coefficient (Wildman–Crippen LogP) is 2.17. The third-order valence-corrected chi connectivity index (χ3v) is 3.71. The Bertz CT molecular complexity index is 403. The highest BCUT2D eigenvalue weighted by molar-refractivity contribution is 6.31. The Morgan fingerprint density at radius 1 is 1.25 bits per heavy atom. The van der Waals surface area contributed by atoms with E-state index in [9.17, 15) is 0 Å². The Kier molecular flexibility index (Phi) is 7.51. The summed E-state index contributed by atoms with van der Waals surface area (Å²) in [5.74, 6) is 0. The van der Waals surface area contributed by atoms with Gasteiger partial charge in [0.25, 0.3) is 0 Å². The lowest BCUT2D eigenvalue weighted by Crippen LogP contribution is -2.43. The van der Waals surface area contributed by atoms with Gasteiger partial charge in [-0.15, -0.1) is 0 Å². The number of nitrogens with one attached hydrogen (secondary N) is 1. The molecule has 0 aliphatic rings. The number of nitrogens with zero attached hydrogens (tertiary/aromatic N) is 2. The zero-order chi connectivity index (χ0) is 15.1. The Hall–Kier alpha value is -0.620. The van der Waals surface area contributed by atoms with Crippen molar-refractivity contribution in [2.45, 2.75) is 45.9 Å². The van der Waals surface area contributed by atoms with Gasteiger partial charge < -0.3 is 14.8 Å². The molecule has 0 spiro atoms. The van der Waals surface area contributed by atoms with Crippen molar-refractivity contribution in [1.29, 1.82) is 0 Å². The number of hydrogen-bond acceptors (Lipinski definition) is 4. The Morgan fingerprint density at radius 2 is 1.85 bits per heavy atom. The predicted molar refractivity (Wildman–Crippen MR) is 81.2 cm³/mol. The highest BCUT2D eigenvalue weighted by atomic mass is 35.5. The van der Waals surface area contributed by atoms with Gasteiger partial charge in [0.05, 0.1) is 22.5 Å². The summed E-state index contributed by atoms with van der Waals surface area (Å²) in [7, 11) is 3.82. The van der Waals surface area contributed by atoms with E-state index < -0.39 is 0 Å². The second-order valence-electron chi connectivity index (χ2n) is 4.56. The number of hydrogen-bond donors (Lipinski definition) is 1. The van der Waals surface area contributed by atoms with E-state index in [0.717, 1.165) is 22.8 Å². The van der Waals surface area contributed by atoms with E-state index in [0.29, 0.717) is 19.6 Å². The van der Waals surface area contributed by atoms with Crippen LogP contribution in [0.25, 0.3) is 0 Å². The molecule has 0 amide bonds. The zero-order valence-corrected chi connectivity index (χ0v) is 13.8. The molecule has 6 heteroatoms. The first-order valence-electron chi connectivity index (χ1n) is 7.19. The lowest BCUT2D eigenvalue weighted by atomic mass is 10.1. The molecule has 1 aromatic rings. The monoisotopic (exact) mass is 303 g/mol. The van der Waals surface area contributed by atoms with Crippen LogP contribution in [0.15, 0.2) is 0 Å². The number of aromatic nitrogens is 2. The molecule has 1 unspecified atom stereocenters. The molecule has 0 radical (unpaired) electrons. The minimum Gasteiger partial charge on any atom is -0.351 e. The van der Waals surface area contributed by atoms with E-state index in [2.05, 4.69) is 17.3 Å². The van der Waals surface area contributed by atoms with Gasteiger partial charge in [-0.3, -0.25) is 4.68 Å². The highest BCUT2D eigenvalue weighted by Gasteiger charge is 2.24. The lowest BCUT2D eigenvalue weighted by Gasteiger charge is -2.26. The van der Waals surface area contributed by atoms with Crippen molar-refractivity contribution in [3.8, 4) is 0 Å². The molecule has 1 rings (SSSR count). The number of rotatable bonds is 9. The number of ether oxygens (including phenoxy) is 2. The van der Waals surface area contributed by atoms with Crippen molar-refractivity contribution < 1.29 is 9.47 Å². The van der Waals surface area contributed by atoms with Crippen LogP contribution in [-0.4, -0.2) is 42.4 Å². The standard InChI is InChI=1S/C14H26ClN3O2/c1-6-10-13(15)12(18(5)17-10)9-11(16-4)14(19-7-2)20-8-3/h11,14,16H,6-9H2,1-5H3. The molecular weight excluding hydrogens is 278 g/mol. The van der Waals surface area contributed by atoms with Crippen LogP contribution in [0.4, 0.5) is 0 Å². The van der Waals surface area contributed by atoms with E-state index >= 15 is 0 Å². The Balaban J connectivity index is 2.89. The summed E-state index contributed by atoms with van der Waals surface area (Å²) in [6, 6.07) is 0.0347. The summed E-state index contributed by atoms with van der Waals surface area (Å²) in [6.07, 6.45) is 1.26. The van der Waals surface area contributed by atoms with Crippen LogP contribution >= 0.6 is 11.6 Å². The molecule has 0 saturated heterocycles. The van der Waals surface area contributed by atoms with Gasteiger partial charge in [-0.25, -0.2) is 0 Å². The van der Waals surface area contributed by atoms with Crippen molar-refractivity contribution in [1.82, 2.24) is 15.1 Å². The van der Waals surface area contributed by atoms with Crippen LogP contribution in [-0.2, 0) is 29.4 Å². The molecule has 0 aliphatic carbocycles. The minimum atomic E-state index is -0.286. The van der Waals surface area contributed by atoms with E-state index in [1.807, 2.05) is 32.6 Å². The molecule has 0 saturated carbocycles. The smallest absolute Gasteiger partial charge is 0.173 e. The minimum absolute atomic E-state index is 0.0347. The molecule has 1 N–H and O–H groups in total. The second-order valence-corrected chi connectivity index (χ2v) is 4.94. The summed E-state index contributed by atoms with van der Waals surface area (Å²) in [5.41, 5.74) is 1.94. The van der Waals surface area contributed by atoms with Crippen molar-refractivity contribution >= 4 is 11.6 Å². The largest absolute Gasteiger partial charge is 0.351 e. The Labute approximate surface area is 126 Å². The third-order valence-electron chi connectivity index (χ3n) is 3.28. The average Bonchev–Trinajstić information content (AvgIpc) is 2.71. The maximum Gasteiger partial charge on any atom is 0.173 e. The summed E-state index contributed by atoms with van der Waals surface area (Å²) in [4.78, 5) is 0. The molecular formula is C14H26ClN3O2. The van der Waals surface area contributed by atoms with E-state index in [1.54, 1.807) is 0 Å². The fourth-order valence-corrected chi connectivity index (χ4v) is 2.56. The lowest BCUT2D eigenvalue weighted by molar-refractivity contribution is -0.153. The van der Waals surface area contributed by atoms with Gasteiger partial charge in [-0.2, -0.15) is 5.10 Å². The molecule has 20 heavy (non-hydrogen) atoms. The maximum absolute atomic E-state index is 6.40. The Morgan fingerprint density at radius 3 is 2.25 bits per heavy atom. The first-order chi connectivity index (χ1) is 9.58. The summed E-state index contributed by atoms with van der Waals surface area (Å²) in [6.45, 7) is 7.21. The van der Waals surface area contributed by atoms with Crippen molar-refractivity contribution in [3.63, 3.8) is 0 Å². The SMILES string of the molecule is CCOC(OCC)C(Cc1c(Cl)c(CC)nn1C)NC. The fourth-order valence-electron chi connectivity index (χ4n) is 2.19. The molecule has 0 aromatic carbocycles. The number of aryl methyl sites for hydroxylation is 2. The topological polar surface area (TPSA) is 48.3 Å². The molecule has 0 bridgehead atoms. The van der Waals surface area contributed by atoms with Gasteiger partial charge in [-0.1, -0.05) is 18.5 Å². The van der Waals surface area contributed by atoms with E-state index in [1.165, 1.54) is 0 Å².